The van der Waals surface area contributed by atoms with Crippen LogP contribution >= 0.6 is 0 Å². The van der Waals surface area contributed by atoms with E-state index in [1.54, 1.807) is 65.7 Å². The molecule has 0 bridgehead atoms. The van der Waals surface area contributed by atoms with E-state index in [2.05, 4.69) is 4.98 Å². The number of aromatic nitrogens is 1. The molecule has 1 amide bonds. The second-order valence-electron chi connectivity index (χ2n) is 8.84. The van der Waals surface area contributed by atoms with Crippen molar-refractivity contribution >= 4 is 26.6 Å². The maximum absolute atomic E-state index is 13.1. The number of aryl methyl sites for hydroxylation is 1. The highest BCUT2D eigenvalue weighted by atomic mass is 32.2. The fourth-order valence-electron chi connectivity index (χ4n) is 4.42. The summed E-state index contributed by atoms with van der Waals surface area (Å²) in [7, 11) is -3.60. The van der Waals surface area contributed by atoms with Crippen LogP contribution in [0.25, 0.3) is 10.9 Å². The van der Waals surface area contributed by atoms with Crippen molar-refractivity contribution in [2.24, 2.45) is 0 Å². The molecule has 0 unspecified atom stereocenters. The van der Waals surface area contributed by atoms with E-state index in [4.69, 9.17) is 0 Å². The van der Waals surface area contributed by atoms with Gasteiger partial charge in [-0.15, -0.1) is 0 Å². The summed E-state index contributed by atoms with van der Waals surface area (Å²) >= 11 is 0. The number of sulfone groups is 1. The molecular weight excluding hydrogens is 448 g/mol. The minimum Gasteiger partial charge on any atom is -0.381 e. The summed E-state index contributed by atoms with van der Waals surface area (Å²) in [6, 6.07) is 22.8. The molecule has 5 rings (SSSR count). The van der Waals surface area contributed by atoms with Gasteiger partial charge in [0.25, 0.3) is 5.91 Å². The summed E-state index contributed by atoms with van der Waals surface area (Å²) in [6.07, 6.45) is 1.63. The van der Waals surface area contributed by atoms with Gasteiger partial charge in [-0.25, -0.2) is 8.42 Å². The first-order valence-electron chi connectivity index (χ1n) is 11.0. The van der Waals surface area contributed by atoms with Gasteiger partial charge in [-0.3, -0.25) is 9.78 Å². The fourth-order valence-corrected chi connectivity index (χ4v) is 6.00. The SMILES string of the molecule is Cc1cccc(C2(O)CN(C(=O)c3ccc(CS(=O)(=O)c4cccc5ncccc45)cc3)C2)c1. The van der Waals surface area contributed by atoms with Crippen LogP contribution < -0.4 is 0 Å². The van der Waals surface area contributed by atoms with Gasteiger partial charge in [-0.2, -0.15) is 0 Å². The predicted molar refractivity (Wildman–Crippen MR) is 130 cm³/mol. The number of benzene rings is 3. The standard InChI is InChI=1S/C27H24N2O4S/c1-19-5-2-6-22(15-19)27(31)17-29(18-27)26(30)21-12-10-20(11-13-21)16-34(32,33)25-9-3-8-24-23(25)7-4-14-28-24/h2-15,31H,16-18H2,1H3. The van der Waals surface area contributed by atoms with Gasteiger partial charge in [0.2, 0.25) is 0 Å². The summed E-state index contributed by atoms with van der Waals surface area (Å²) in [6.45, 7) is 2.41. The molecule has 34 heavy (non-hydrogen) atoms. The Morgan fingerprint density at radius 2 is 1.74 bits per heavy atom. The third-order valence-electron chi connectivity index (χ3n) is 6.25. The molecule has 1 N–H and O–H groups in total. The van der Waals surface area contributed by atoms with Gasteiger partial charge in [0.05, 0.1) is 29.3 Å². The van der Waals surface area contributed by atoms with Crippen LogP contribution in [-0.4, -0.2) is 42.4 Å². The zero-order chi connectivity index (χ0) is 23.9. The first kappa shape index (κ1) is 22.3. The molecule has 1 fully saturated rings. The molecule has 7 heteroatoms. The molecule has 0 atom stereocenters. The van der Waals surface area contributed by atoms with E-state index < -0.39 is 15.4 Å². The smallest absolute Gasteiger partial charge is 0.254 e. The van der Waals surface area contributed by atoms with E-state index in [9.17, 15) is 18.3 Å². The lowest BCUT2D eigenvalue weighted by atomic mass is 9.85. The molecule has 4 aromatic rings. The van der Waals surface area contributed by atoms with Crippen molar-refractivity contribution < 1.29 is 18.3 Å². The van der Waals surface area contributed by atoms with Gasteiger partial charge in [-0.05, 0) is 54.4 Å². The van der Waals surface area contributed by atoms with Gasteiger partial charge in [-0.1, -0.05) is 48.0 Å². The number of carbonyl (C=O) groups is 1. The number of carbonyl (C=O) groups excluding carboxylic acids is 1. The third-order valence-corrected chi connectivity index (χ3v) is 7.99. The Kier molecular flexibility index (Phi) is 5.46. The van der Waals surface area contributed by atoms with Crippen molar-refractivity contribution in [1.82, 2.24) is 9.88 Å². The van der Waals surface area contributed by atoms with E-state index in [1.807, 2.05) is 31.2 Å². The maximum Gasteiger partial charge on any atom is 0.254 e. The molecule has 172 valence electrons. The van der Waals surface area contributed by atoms with Crippen LogP contribution in [0.2, 0.25) is 0 Å². The minimum absolute atomic E-state index is 0.174. The summed E-state index contributed by atoms with van der Waals surface area (Å²) < 4.78 is 26.2. The van der Waals surface area contributed by atoms with Crippen molar-refractivity contribution in [1.29, 1.82) is 0 Å². The molecule has 0 spiro atoms. The van der Waals surface area contributed by atoms with Crippen LogP contribution in [0.5, 0.6) is 0 Å². The van der Waals surface area contributed by atoms with Crippen molar-refractivity contribution in [2.75, 3.05) is 13.1 Å². The van der Waals surface area contributed by atoms with E-state index in [0.29, 0.717) is 22.0 Å². The maximum atomic E-state index is 13.1. The fraction of sp³-hybridized carbons (Fsp3) is 0.185. The molecule has 0 radical (unpaired) electrons. The van der Waals surface area contributed by atoms with E-state index in [0.717, 1.165) is 11.1 Å². The van der Waals surface area contributed by atoms with Crippen molar-refractivity contribution in [3.63, 3.8) is 0 Å². The molecule has 1 aromatic heterocycles. The average molecular weight is 473 g/mol. The zero-order valence-corrected chi connectivity index (χ0v) is 19.5. The summed E-state index contributed by atoms with van der Waals surface area (Å²) in [5.74, 6) is -0.362. The van der Waals surface area contributed by atoms with Gasteiger partial charge in [0.15, 0.2) is 9.84 Å². The second-order valence-corrected chi connectivity index (χ2v) is 10.8. The number of amides is 1. The Balaban J connectivity index is 1.29. The molecule has 0 aliphatic carbocycles. The molecule has 1 saturated heterocycles. The van der Waals surface area contributed by atoms with Crippen LogP contribution in [0.15, 0.2) is 90.0 Å². The highest BCUT2D eigenvalue weighted by Crippen LogP contribution is 2.33. The Hall–Kier alpha value is -3.55. The summed E-state index contributed by atoms with van der Waals surface area (Å²) in [5, 5.41) is 11.5. The number of hydrogen-bond acceptors (Lipinski definition) is 5. The monoisotopic (exact) mass is 472 g/mol. The van der Waals surface area contributed by atoms with Crippen molar-refractivity contribution in [3.8, 4) is 0 Å². The Bertz CT molecular complexity index is 1490. The van der Waals surface area contributed by atoms with Crippen molar-refractivity contribution in [2.45, 2.75) is 23.2 Å². The molecule has 0 saturated carbocycles. The van der Waals surface area contributed by atoms with Crippen LogP contribution in [0.3, 0.4) is 0 Å². The Morgan fingerprint density at radius 1 is 1.00 bits per heavy atom. The number of rotatable bonds is 5. The molecule has 1 aliphatic rings. The van der Waals surface area contributed by atoms with Gasteiger partial charge < -0.3 is 10.0 Å². The van der Waals surface area contributed by atoms with Crippen LogP contribution in [-0.2, 0) is 21.2 Å². The van der Waals surface area contributed by atoms with Crippen LogP contribution in [0, 0.1) is 6.92 Å². The first-order chi connectivity index (χ1) is 16.2. The van der Waals surface area contributed by atoms with E-state index in [1.165, 1.54) is 0 Å². The Labute approximate surface area is 198 Å². The number of fused-ring (bicyclic) bond motifs is 1. The van der Waals surface area contributed by atoms with Gasteiger partial charge >= 0.3 is 0 Å². The van der Waals surface area contributed by atoms with Crippen LogP contribution in [0.4, 0.5) is 0 Å². The topological polar surface area (TPSA) is 87.6 Å². The van der Waals surface area contributed by atoms with Gasteiger partial charge in [0, 0.05) is 17.1 Å². The number of hydrogen-bond donors (Lipinski definition) is 1. The van der Waals surface area contributed by atoms with Crippen LogP contribution in [0.1, 0.15) is 27.0 Å². The second kappa shape index (κ2) is 8.34. The molecule has 2 heterocycles. The lowest BCUT2D eigenvalue weighted by Crippen LogP contribution is -2.61. The molecular formula is C27H24N2O4S. The highest BCUT2D eigenvalue weighted by Gasteiger charge is 2.45. The number of likely N-dealkylation sites (tertiary alicyclic amines) is 1. The lowest BCUT2D eigenvalue weighted by Gasteiger charge is -2.46. The predicted octanol–water partition coefficient (Wildman–Crippen LogP) is 3.86. The quantitative estimate of drug-likeness (QED) is 0.477. The molecule has 6 nitrogen and oxygen atoms in total. The zero-order valence-electron chi connectivity index (χ0n) is 18.7. The molecule has 1 aliphatic heterocycles. The van der Waals surface area contributed by atoms with E-state index >= 15 is 0 Å². The Morgan fingerprint density at radius 3 is 2.47 bits per heavy atom. The number of aliphatic hydroxyl groups is 1. The first-order valence-corrected chi connectivity index (χ1v) is 12.6. The minimum atomic E-state index is -3.60. The molecule has 3 aromatic carbocycles. The summed E-state index contributed by atoms with van der Waals surface area (Å²) in [4.78, 5) is 18.9. The van der Waals surface area contributed by atoms with Gasteiger partial charge in [0.1, 0.15) is 5.60 Å². The normalized spacial score (nSPS) is 15.2. The summed E-state index contributed by atoms with van der Waals surface area (Å²) in [5.41, 5.74) is 2.51. The lowest BCUT2D eigenvalue weighted by molar-refractivity contribution is -0.0863. The average Bonchev–Trinajstić information content (AvgIpc) is 2.81. The number of β-amino-alcohol motifs (C(OH)–C–C–N with tert-alkyl or cyclic N) is 1. The third kappa shape index (κ3) is 4.08. The van der Waals surface area contributed by atoms with Crippen molar-refractivity contribution in [3.05, 3.63) is 107 Å². The number of pyridine rings is 1. The number of nitrogens with zero attached hydrogens (tertiary/aromatic N) is 2. The highest BCUT2D eigenvalue weighted by molar-refractivity contribution is 7.90. The largest absolute Gasteiger partial charge is 0.381 e. The van der Waals surface area contributed by atoms with E-state index in [-0.39, 0.29) is 29.6 Å².